The van der Waals surface area contributed by atoms with E-state index >= 15 is 0 Å². The Morgan fingerprint density at radius 2 is 1.95 bits per heavy atom. The zero-order chi connectivity index (χ0) is 14.5. The van der Waals surface area contributed by atoms with Crippen molar-refractivity contribution in [2.24, 2.45) is 0 Å². The highest BCUT2D eigenvalue weighted by Crippen LogP contribution is 2.24. The molecule has 2 rings (SSSR count). The van der Waals surface area contributed by atoms with Gasteiger partial charge in [-0.15, -0.1) is 0 Å². The SMILES string of the molecule is COc1cccc(C[C@@H](C(=O)O)c2ccc(Cl)cc2)c1. The fraction of sp³-hybridized carbons (Fsp3) is 0.188. The van der Waals surface area contributed by atoms with Crippen LogP contribution in [0.15, 0.2) is 48.5 Å². The first kappa shape index (κ1) is 14.4. The lowest BCUT2D eigenvalue weighted by atomic mass is 9.92. The van der Waals surface area contributed by atoms with Gasteiger partial charge in [-0.1, -0.05) is 35.9 Å². The van der Waals surface area contributed by atoms with Gasteiger partial charge >= 0.3 is 5.97 Å². The summed E-state index contributed by atoms with van der Waals surface area (Å²) in [5.74, 6) is -0.725. The summed E-state index contributed by atoms with van der Waals surface area (Å²) in [4.78, 5) is 11.5. The van der Waals surface area contributed by atoms with Gasteiger partial charge in [0.2, 0.25) is 0 Å². The molecule has 1 N–H and O–H groups in total. The molecule has 0 unspecified atom stereocenters. The Hall–Kier alpha value is -2.00. The molecule has 0 saturated heterocycles. The highest BCUT2D eigenvalue weighted by molar-refractivity contribution is 6.30. The van der Waals surface area contributed by atoms with Crippen molar-refractivity contribution < 1.29 is 14.6 Å². The average molecular weight is 291 g/mol. The van der Waals surface area contributed by atoms with Gasteiger partial charge in [-0.25, -0.2) is 0 Å². The Morgan fingerprint density at radius 3 is 2.55 bits per heavy atom. The topological polar surface area (TPSA) is 46.5 Å². The minimum atomic E-state index is -0.852. The first-order valence-corrected chi connectivity index (χ1v) is 6.59. The monoisotopic (exact) mass is 290 g/mol. The largest absolute Gasteiger partial charge is 0.497 e. The zero-order valence-electron chi connectivity index (χ0n) is 11.0. The smallest absolute Gasteiger partial charge is 0.311 e. The van der Waals surface area contributed by atoms with Crippen molar-refractivity contribution >= 4 is 17.6 Å². The van der Waals surface area contributed by atoms with E-state index in [9.17, 15) is 9.90 Å². The summed E-state index contributed by atoms with van der Waals surface area (Å²) in [5.41, 5.74) is 1.66. The predicted molar refractivity (Wildman–Crippen MR) is 78.5 cm³/mol. The Balaban J connectivity index is 2.25. The lowest BCUT2D eigenvalue weighted by Gasteiger charge is -2.13. The second-order valence-corrected chi connectivity index (χ2v) is 4.93. The molecule has 0 heterocycles. The molecule has 3 nitrogen and oxygen atoms in total. The molecule has 2 aromatic rings. The molecule has 0 fully saturated rings. The minimum absolute atomic E-state index is 0.411. The number of aliphatic carboxylic acids is 1. The van der Waals surface area contributed by atoms with Crippen molar-refractivity contribution in [2.45, 2.75) is 12.3 Å². The van der Waals surface area contributed by atoms with Crippen molar-refractivity contribution in [3.8, 4) is 5.75 Å². The van der Waals surface area contributed by atoms with Crippen molar-refractivity contribution in [3.63, 3.8) is 0 Å². The number of halogens is 1. The Morgan fingerprint density at radius 1 is 1.25 bits per heavy atom. The van der Waals surface area contributed by atoms with Crippen LogP contribution in [0.3, 0.4) is 0 Å². The molecule has 4 heteroatoms. The number of hydrogen-bond donors (Lipinski definition) is 1. The summed E-state index contributed by atoms with van der Waals surface area (Å²) < 4.78 is 5.15. The van der Waals surface area contributed by atoms with Crippen LogP contribution < -0.4 is 4.74 Å². The van der Waals surface area contributed by atoms with Crippen LogP contribution in [0, 0.1) is 0 Å². The second kappa shape index (κ2) is 6.44. The molecular formula is C16H15ClO3. The Bertz CT molecular complexity index is 593. The van der Waals surface area contributed by atoms with Gasteiger partial charge in [-0.2, -0.15) is 0 Å². The molecular weight excluding hydrogens is 276 g/mol. The number of carboxylic acid groups (broad SMARTS) is 1. The van der Waals surface area contributed by atoms with Gasteiger partial charge in [0.1, 0.15) is 5.75 Å². The third-order valence-corrected chi connectivity index (χ3v) is 3.40. The number of benzene rings is 2. The lowest BCUT2D eigenvalue weighted by molar-refractivity contribution is -0.138. The molecule has 0 aromatic heterocycles. The number of ether oxygens (including phenoxy) is 1. The van der Waals surface area contributed by atoms with Crippen LogP contribution in [0.4, 0.5) is 0 Å². The quantitative estimate of drug-likeness (QED) is 0.912. The first-order chi connectivity index (χ1) is 9.60. The highest BCUT2D eigenvalue weighted by Gasteiger charge is 2.20. The van der Waals surface area contributed by atoms with E-state index in [-0.39, 0.29) is 0 Å². The molecule has 2 aromatic carbocycles. The van der Waals surface area contributed by atoms with E-state index < -0.39 is 11.9 Å². The van der Waals surface area contributed by atoms with Crippen molar-refractivity contribution in [3.05, 3.63) is 64.7 Å². The number of carboxylic acids is 1. The fourth-order valence-electron chi connectivity index (χ4n) is 2.08. The lowest BCUT2D eigenvalue weighted by Crippen LogP contribution is -2.14. The maximum Gasteiger partial charge on any atom is 0.311 e. The zero-order valence-corrected chi connectivity index (χ0v) is 11.8. The molecule has 0 bridgehead atoms. The van der Waals surface area contributed by atoms with Gasteiger partial charge < -0.3 is 9.84 Å². The molecule has 0 aliphatic rings. The van der Waals surface area contributed by atoms with Gasteiger partial charge in [0, 0.05) is 5.02 Å². The summed E-state index contributed by atoms with van der Waals surface area (Å²) in [7, 11) is 1.59. The van der Waals surface area contributed by atoms with Crippen molar-refractivity contribution in [2.75, 3.05) is 7.11 Å². The molecule has 0 radical (unpaired) electrons. The Labute approximate surface area is 122 Å². The molecule has 0 amide bonds. The van der Waals surface area contributed by atoms with E-state index in [0.29, 0.717) is 11.4 Å². The normalized spacial score (nSPS) is 11.9. The van der Waals surface area contributed by atoms with Crippen LogP contribution in [0.2, 0.25) is 5.02 Å². The molecule has 1 atom stereocenters. The van der Waals surface area contributed by atoms with Gasteiger partial charge in [0.15, 0.2) is 0 Å². The number of methoxy groups -OCH3 is 1. The summed E-state index contributed by atoms with van der Waals surface area (Å²) in [6.07, 6.45) is 0.411. The van der Waals surface area contributed by atoms with E-state index in [4.69, 9.17) is 16.3 Å². The summed E-state index contributed by atoms with van der Waals surface area (Å²) in [6.45, 7) is 0. The van der Waals surface area contributed by atoms with Gasteiger partial charge in [-0.3, -0.25) is 4.79 Å². The van der Waals surface area contributed by atoms with E-state index in [0.717, 1.165) is 16.9 Å². The molecule has 0 saturated carbocycles. The van der Waals surface area contributed by atoms with E-state index in [1.54, 1.807) is 31.4 Å². The van der Waals surface area contributed by atoms with Gasteiger partial charge in [0.25, 0.3) is 0 Å². The summed E-state index contributed by atoms with van der Waals surface area (Å²) in [5, 5.41) is 10.0. The highest BCUT2D eigenvalue weighted by atomic mass is 35.5. The maximum absolute atomic E-state index is 11.5. The van der Waals surface area contributed by atoms with Gasteiger partial charge in [0.05, 0.1) is 13.0 Å². The summed E-state index contributed by atoms with van der Waals surface area (Å²) >= 11 is 5.83. The van der Waals surface area contributed by atoms with Crippen molar-refractivity contribution in [1.29, 1.82) is 0 Å². The van der Waals surface area contributed by atoms with Crippen LogP contribution in [0.5, 0.6) is 5.75 Å². The molecule has 20 heavy (non-hydrogen) atoms. The van der Waals surface area contributed by atoms with Crippen LogP contribution in [-0.4, -0.2) is 18.2 Å². The predicted octanol–water partition coefficient (Wildman–Crippen LogP) is 3.76. The number of carbonyl (C=O) groups is 1. The third kappa shape index (κ3) is 3.52. The fourth-order valence-corrected chi connectivity index (χ4v) is 2.20. The number of rotatable bonds is 5. The number of hydrogen-bond acceptors (Lipinski definition) is 2. The van der Waals surface area contributed by atoms with Crippen LogP contribution >= 0.6 is 11.6 Å². The standard InChI is InChI=1S/C16H15ClO3/c1-20-14-4-2-3-11(9-14)10-15(16(18)19)12-5-7-13(17)8-6-12/h2-9,15H,10H2,1H3,(H,18,19)/t15-/m1/s1. The minimum Gasteiger partial charge on any atom is -0.497 e. The van der Waals surface area contributed by atoms with Crippen LogP contribution in [0.1, 0.15) is 17.0 Å². The van der Waals surface area contributed by atoms with Gasteiger partial charge in [-0.05, 0) is 41.8 Å². The first-order valence-electron chi connectivity index (χ1n) is 6.21. The molecule has 0 aliphatic heterocycles. The van der Waals surface area contributed by atoms with Crippen LogP contribution in [0.25, 0.3) is 0 Å². The molecule has 0 aliphatic carbocycles. The Kier molecular flexibility index (Phi) is 4.64. The summed E-state index contributed by atoms with van der Waals surface area (Å²) in [6, 6.07) is 14.4. The van der Waals surface area contributed by atoms with Crippen molar-refractivity contribution in [1.82, 2.24) is 0 Å². The second-order valence-electron chi connectivity index (χ2n) is 4.50. The molecule has 104 valence electrons. The van der Waals surface area contributed by atoms with E-state index in [2.05, 4.69) is 0 Å². The molecule has 0 spiro atoms. The van der Waals surface area contributed by atoms with Crippen LogP contribution in [-0.2, 0) is 11.2 Å². The van der Waals surface area contributed by atoms with E-state index in [1.807, 2.05) is 24.3 Å². The average Bonchev–Trinajstić information content (AvgIpc) is 2.46. The van der Waals surface area contributed by atoms with E-state index in [1.165, 1.54) is 0 Å². The third-order valence-electron chi connectivity index (χ3n) is 3.14. The maximum atomic E-state index is 11.5.